The van der Waals surface area contributed by atoms with E-state index in [9.17, 15) is 14.9 Å². The summed E-state index contributed by atoms with van der Waals surface area (Å²) < 4.78 is 0. The quantitative estimate of drug-likeness (QED) is 0.182. The summed E-state index contributed by atoms with van der Waals surface area (Å²) in [5.74, 6) is -1.58. The van der Waals surface area contributed by atoms with Crippen molar-refractivity contribution >= 4 is 11.9 Å². The van der Waals surface area contributed by atoms with Crippen LogP contribution in [0.4, 0.5) is 0 Å². The molecule has 8 heteroatoms. The second-order valence-electron chi connectivity index (χ2n) is 3.02. The van der Waals surface area contributed by atoms with E-state index in [0.717, 1.165) is 0 Å². The van der Waals surface area contributed by atoms with E-state index in [4.69, 9.17) is 10.8 Å². The number of aliphatic carboxylic acids is 1. The number of carbonyl (C=O) groups is 1. The highest BCUT2D eigenvalue weighted by molar-refractivity contribution is 5.76. The first-order valence-electron chi connectivity index (χ1n) is 4.37. The van der Waals surface area contributed by atoms with Gasteiger partial charge >= 0.3 is 5.97 Å². The number of nitrogens with zero attached hydrogens (tertiary/aromatic N) is 2. The van der Waals surface area contributed by atoms with Crippen LogP contribution in [0.25, 0.3) is 0 Å². The van der Waals surface area contributed by atoms with Gasteiger partial charge in [-0.1, -0.05) is 12.3 Å². The number of rotatable bonds is 6. The number of aliphatic imine (C=N–C) groups is 1. The molecule has 0 radical (unpaired) electrons. The standard InChI is InChI=1S/C7H14N4O4/c1-5(6(12)13)3-2-4-9-7(8)10-11(14)15/h5H,2-4H2,1H3,(H,12,13)(H3,8,9,10)/t5-/m1/s1. The molecule has 0 aromatic heterocycles. The molecule has 15 heavy (non-hydrogen) atoms. The number of hydrogen-bond donors (Lipinski definition) is 3. The van der Waals surface area contributed by atoms with Crippen molar-refractivity contribution in [2.75, 3.05) is 6.54 Å². The zero-order valence-corrected chi connectivity index (χ0v) is 8.34. The Bertz CT molecular complexity index is 266. The third-order valence-electron chi connectivity index (χ3n) is 1.70. The molecule has 0 bridgehead atoms. The molecule has 0 saturated heterocycles. The Morgan fingerprint density at radius 2 is 2.33 bits per heavy atom. The molecule has 0 aliphatic carbocycles. The van der Waals surface area contributed by atoms with Crippen molar-refractivity contribution in [1.29, 1.82) is 0 Å². The third-order valence-corrected chi connectivity index (χ3v) is 1.70. The highest BCUT2D eigenvalue weighted by Gasteiger charge is 2.09. The molecular weight excluding hydrogens is 204 g/mol. The van der Waals surface area contributed by atoms with Crippen molar-refractivity contribution in [2.24, 2.45) is 16.6 Å². The second-order valence-corrected chi connectivity index (χ2v) is 3.02. The average Bonchev–Trinajstić information content (AvgIpc) is 2.10. The fraction of sp³-hybridized carbons (Fsp3) is 0.714. The maximum absolute atomic E-state index is 10.4. The Kier molecular flexibility index (Phi) is 5.76. The molecule has 8 nitrogen and oxygen atoms in total. The first-order valence-corrected chi connectivity index (χ1v) is 4.37. The first-order chi connectivity index (χ1) is 6.93. The molecule has 4 N–H and O–H groups in total. The smallest absolute Gasteiger partial charge is 0.306 e. The van der Waals surface area contributed by atoms with Gasteiger partial charge in [0.05, 0.1) is 5.92 Å². The molecule has 0 aliphatic rings. The summed E-state index contributed by atoms with van der Waals surface area (Å²) in [4.78, 5) is 24.0. The maximum Gasteiger partial charge on any atom is 0.306 e. The van der Waals surface area contributed by atoms with E-state index in [1.807, 2.05) is 0 Å². The molecule has 0 heterocycles. The van der Waals surface area contributed by atoms with E-state index in [2.05, 4.69) is 4.99 Å². The minimum Gasteiger partial charge on any atom is -0.481 e. The van der Waals surface area contributed by atoms with E-state index < -0.39 is 16.9 Å². The van der Waals surface area contributed by atoms with Gasteiger partial charge in [-0.05, 0) is 12.8 Å². The van der Waals surface area contributed by atoms with Crippen LogP contribution in [0.3, 0.4) is 0 Å². The largest absolute Gasteiger partial charge is 0.481 e. The van der Waals surface area contributed by atoms with Crippen LogP contribution in [-0.4, -0.2) is 28.6 Å². The van der Waals surface area contributed by atoms with Crippen molar-refractivity contribution in [3.8, 4) is 0 Å². The number of carboxylic acid groups (broad SMARTS) is 1. The molecule has 0 rings (SSSR count). The summed E-state index contributed by atoms with van der Waals surface area (Å²) in [5.41, 5.74) is 6.82. The average molecular weight is 218 g/mol. The zero-order valence-electron chi connectivity index (χ0n) is 8.34. The lowest BCUT2D eigenvalue weighted by molar-refractivity contribution is -0.525. The minimum atomic E-state index is -0.865. The van der Waals surface area contributed by atoms with Crippen molar-refractivity contribution in [3.05, 3.63) is 10.1 Å². The Hall–Kier alpha value is -1.86. The van der Waals surface area contributed by atoms with Gasteiger partial charge < -0.3 is 10.8 Å². The fourth-order valence-electron chi connectivity index (χ4n) is 0.849. The Balaban J connectivity index is 3.69. The summed E-state index contributed by atoms with van der Waals surface area (Å²) in [5, 5.41) is 17.6. The van der Waals surface area contributed by atoms with Crippen LogP contribution < -0.4 is 11.2 Å². The molecule has 0 saturated carbocycles. The Morgan fingerprint density at radius 1 is 1.73 bits per heavy atom. The van der Waals surface area contributed by atoms with Crippen LogP contribution in [0.15, 0.2) is 4.99 Å². The SMILES string of the molecule is C[C@H](CCCN=C(N)N[N+](=O)[O-])C(=O)O. The van der Waals surface area contributed by atoms with Crippen molar-refractivity contribution in [1.82, 2.24) is 5.43 Å². The molecule has 0 aliphatic heterocycles. The summed E-state index contributed by atoms with van der Waals surface area (Å²) in [6, 6.07) is 0. The molecule has 0 amide bonds. The van der Waals surface area contributed by atoms with Crippen molar-refractivity contribution < 1.29 is 14.9 Å². The van der Waals surface area contributed by atoms with Gasteiger partial charge in [0, 0.05) is 6.54 Å². The molecule has 0 aromatic rings. The minimum absolute atomic E-state index is 0.268. The highest BCUT2D eigenvalue weighted by atomic mass is 16.7. The summed E-state index contributed by atoms with van der Waals surface area (Å²) in [6.45, 7) is 1.86. The lowest BCUT2D eigenvalue weighted by Gasteiger charge is -2.03. The van der Waals surface area contributed by atoms with E-state index in [1.165, 1.54) is 0 Å². The van der Waals surface area contributed by atoms with Gasteiger partial charge in [-0.25, -0.2) is 15.1 Å². The lowest BCUT2D eigenvalue weighted by atomic mass is 10.1. The molecule has 0 spiro atoms. The Labute approximate surface area is 86.3 Å². The number of hydrogen-bond acceptors (Lipinski definition) is 4. The van der Waals surface area contributed by atoms with Gasteiger partial charge in [0.2, 0.25) is 0 Å². The van der Waals surface area contributed by atoms with E-state index in [0.29, 0.717) is 12.8 Å². The molecular formula is C7H14N4O4. The van der Waals surface area contributed by atoms with E-state index >= 15 is 0 Å². The molecule has 86 valence electrons. The van der Waals surface area contributed by atoms with Gasteiger partial charge in [-0.2, -0.15) is 0 Å². The van der Waals surface area contributed by atoms with Gasteiger partial charge in [-0.15, -0.1) is 0 Å². The Morgan fingerprint density at radius 3 is 2.80 bits per heavy atom. The van der Waals surface area contributed by atoms with Crippen LogP contribution in [0.1, 0.15) is 19.8 Å². The summed E-state index contributed by atoms with van der Waals surface area (Å²) in [6.07, 6.45) is 0.984. The third kappa shape index (κ3) is 7.23. The van der Waals surface area contributed by atoms with E-state index in [1.54, 1.807) is 12.3 Å². The van der Waals surface area contributed by atoms with Crippen molar-refractivity contribution in [3.63, 3.8) is 0 Å². The number of nitrogens with one attached hydrogen (secondary N) is 1. The highest BCUT2D eigenvalue weighted by Crippen LogP contribution is 2.04. The fourth-order valence-corrected chi connectivity index (χ4v) is 0.849. The van der Waals surface area contributed by atoms with Crippen LogP contribution in [0.5, 0.6) is 0 Å². The predicted octanol–water partition coefficient (Wildman–Crippen LogP) is -0.417. The van der Waals surface area contributed by atoms with E-state index in [-0.39, 0.29) is 12.5 Å². The molecule has 1 atom stereocenters. The van der Waals surface area contributed by atoms with Crippen LogP contribution in [-0.2, 0) is 4.79 Å². The number of carboxylic acids is 1. The molecule has 0 fully saturated rings. The maximum atomic E-state index is 10.4. The first kappa shape index (κ1) is 13.1. The van der Waals surface area contributed by atoms with Crippen LogP contribution >= 0.6 is 0 Å². The van der Waals surface area contributed by atoms with Crippen LogP contribution in [0.2, 0.25) is 0 Å². The number of nitrogens with two attached hydrogens (primary N) is 1. The molecule has 0 aromatic carbocycles. The van der Waals surface area contributed by atoms with Crippen LogP contribution in [0, 0.1) is 16.0 Å². The van der Waals surface area contributed by atoms with Gasteiger partial charge in [-0.3, -0.25) is 4.79 Å². The monoisotopic (exact) mass is 218 g/mol. The predicted molar refractivity (Wildman–Crippen MR) is 52.7 cm³/mol. The summed E-state index contributed by atoms with van der Waals surface area (Å²) >= 11 is 0. The second kappa shape index (κ2) is 6.57. The normalized spacial score (nSPS) is 13.3. The van der Waals surface area contributed by atoms with Crippen molar-refractivity contribution in [2.45, 2.75) is 19.8 Å². The molecule has 0 unspecified atom stereocenters. The van der Waals surface area contributed by atoms with Gasteiger partial charge in [0.1, 0.15) is 0 Å². The number of guanidine groups is 1. The van der Waals surface area contributed by atoms with Gasteiger partial charge in [0.25, 0.3) is 5.96 Å². The zero-order chi connectivity index (χ0) is 11.8. The summed E-state index contributed by atoms with van der Waals surface area (Å²) in [7, 11) is 0. The number of nitro groups is 1. The van der Waals surface area contributed by atoms with Gasteiger partial charge in [0.15, 0.2) is 5.03 Å². The topological polar surface area (TPSA) is 131 Å². The number of hydrazine groups is 1. The lowest BCUT2D eigenvalue weighted by Crippen LogP contribution is -2.36.